The fraction of sp³-hybridized carbons (Fsp3) is 0.150. The maximum Gasteiger partial charge on any atom is 0.260 e. The van der Waals surface area contributed by atoms with Gasteiger partial charge in [-0.25, -0.2) is 14.3 Å². The Labute approximate surface area is 170 Å². The van der Waals surface area contributed by atoms with Crippen LogP contribution in [0.1, 0.15) is 18.1 Å². The van der Waals surface area contributed by atoms with Crippen molar-refractivity contribution < 1.29 is 9.18 Å². The molecule has 28 heavy (non-hydrogen) atoms. The number of amides is 1. The van der Waals surface area contributed by atoms with Gasteiger partial charge in [-0.3, -0.25) is 4.79 Å². The van der Waals surface area contributed by atoms with E-state index in [1.165, 1.54) is 17.0 Å². The number of anilines is 2. The van der Waals surface area contributed by atoms with E-state index in [2.05, 4.69) is 11.1 Å². The quantitative estimate of drug-likeness (QED) is 0.576. The second-order valence-electron chi connectivity index (χ2n) is 6.72. The van der Waals surface area contributed by atoms with Crippen LogP contribution in [0.2, 0.25) is 10.0 Å². The Morgan fingerprint density at radius 1 is 1.21 bits per heavy atom. The van der Waals surface area contributed by atoms with Crippen LogP contribution in [-0.4, -0.2) is 15.5 Å². The summed E-state index contributed by atoms with van der Waals surface area (Å²) in [5.41, 5.74) is 0.837. The number of halogens is 3. The number of hydrogen-bond donors (Lipinski definition) is 0. The molecule has 4 rings (SSSR count). The second-order valence-corrected chi connectivity index (χ2v) is 7.53. The van der Waals surface area contributed by atoms with Crippen molar-refractivity contribution in [2.24, 2.45) is 0 Å². The largest absolute Gasteiger partial charge is 0.301 e. The molecule has 0 fully saturated rings. The van der Waals surface area contributed by atoms with Crippen LogP contribution in [-0.2, 0) is 16.8 Å². The maximum absolute atomic E-state index is 13.8. The third kappa shape index (κ3) is 2.75. The highest BCUT2D eigenvalue weighted by Crippen LogP contribution is 2.42. The van der Waals surface area contributed by atoms with Crippen LogP contribution in [0.3, 0.4) is 0 Å². The van der Waals surface area contributed by atoms with Crippen molar-refractivity contribution in [1.29, 1.82) is 5.26 Å². The lowest BCUT2D eigenvalue weighted by molar-refractivity contribution is -0.123. The Balaban J connectivity index is 1.77. The molecule has 0 saturated carbocycles. The van der Waals surface area contributed by atoms with Gasteiger partial charge in [-0.1, -0.05) is 35.3 Å². The predicted octanol–water partition coefficient (Wildman–Crippen LogP) is 4.84. The van der Waals surface area contributed by atoms with Crippen molar-refractivity contribution in [1.82, 2.24) is 9.55 Å². The van der Waals surface area contributed by atoms with Crippen molar-refractivity contribution in [3.8, 4) is 6.07 Å². The van der Waals surface area contributed by atoms with Gasteiger partial charge in [0.05, 0.1) is 27.4 Å². The first-order valence-electron chi connectivity index (χ1n) is 8.37. The average molecular weight is 415 g/mol. The minimum Gasteiger partial charge on any atom is -0.301 e. The summed E-state index contributed by atoms with van der Waals surface area (Å²) >= 11 is 11.8. The molecule has 0 aliphatic carbocycles. The van der Waals surface area contributed by atoms with Crippen molar-refractivity contribution in [3.05, 3.63) is 75.8 Å². The maximum atomic E-state index is 13.8. The van der Waals surface area contributed by atoms with E-state index < -0.39 is 11.4 Å². The smallest absolute Gasteiger partial charge is 0.260 e. The fourth-order valence-corrected chi connectivity index (χ4v) is 3.92. The zero-order valence-electron chi connectivity index (χ0n) is 14.7. The number of fused-ring (bicyclic) bond motifs is 1. The summed E-state index contributed by atoms with van der Waals surface area (Å²) in [6.45, 7) is 1.81. The molecule has 8 heteroatoms. The molecule has 5 nitrogen and oxygen atoms in total. The molecule has 1 aliphatic rings. The van der Waals surface area contributed by atoms with E-state index in [0.29, 0.717) is 23.6 Å². The summed E-state index contributed by atoms with van der Waals surface area (Å²) in [4.78, 5) is 19.1. The molecule has 1 unspecified atom stereocenters. The molecular weight excluding hydrogens is 402 g/mol. The molecule has 140 valence electrons. The molecule has 1 atom stereocenters. The number of imidazole rings is 1. The summed E-state index contributed by atoms with van der Waals surface area (Å²) in [6, 6.07) is 11.9. The number of carbonyl (C=O) groups excluding carboxylic acids is 1. The van der Waals surface area contributed by atoms with Gasteiger partial charge >= 0.3 is 0 Å². The monoisotopic (exact) mass is 414 g/mol. The van der Waals surface area contributed by atoms with E-state index in [1.54, 1.807) is 29.1 Å². The number of hydrogen-bond acceptors (Lipinski definition) is 3. The lowest BCUT2D eigenvalue weighted by atomic mass is 9.91. The van der Waals surface area contributed by atoms with Crippen LogP contribution in [0, 0.1) is 17.1 Å². The molecule has 2 heterocycles. The van der Waals surface area contributed by atoms with E-state index in [0.717, 1.165) is 5.56 Å². The van der Waals surface area contributed by atoms with Gasteiger partial charge in [-0.05, 0) is 36.8 Å². The topological polar surface area (TPSA) is 61.9 Å². The first-order chi connectivity index (χ1) is 13.3. The Morgan fingerprint density at radius 2 is 1.86 bits per heavy atom. The number of nitrogens with zero attached hydrogens (tertiary/aromatic N) is 4. The van der Waals surface area contributed by atoms with Gasteiger partial charge < -0.3 is 4.57 Å². The lowest BCUT2D eigenvalue weighted by Crippen LogP contribution is -2.40. The molecule has 3 aromatic rings. The van der Waals surface area contributed by atoms with Crippen molar-refractivity contribution in [2.75, 3.05) is 4.90 Å². The molecule has 2 aromatic carbocycles. The van der Waals surface area contributed by atoms with Crippen LogP contribution in [0.25, 0.3) is 0 Å². The second kappa shape index (κ2) is 6.62. The molecule has 1 aliphatic heterocycles. The van der Waals surface area contributed by atoms with Crippen LogP contribution in [0.4, 0.5) is 16.0 Å². The van der Waals surface area contributed by atoms with E-state index in [-0.39, 0.29) is 16.0 Å². The third-order valence-corrected chi connectivity index (χ3v) is 5.42. The standard InChI is InChI=1S/C20H13Cl2FN4O/c1-20(10-12-2-4-13(11-24)5-3-12)18(28)27(19-25-6-7-26(19)20)14-8-15(21)17(23)16(22)9-14/h2-9H,10H2,1H3. The van der Waals surface area contributed by atoms with Gasteiger partial charge in [0.1, 0.15) is 5.54 Å². The number of aromatic nitrogens is 2. The summed E-state index contributed by atoms with van der Waals surface area (Å²) < 4.78 is 15.6. The average Bonchev–Trinajstić information content (AvgIpc) is 3.23. The lowest BCUT2D eigenvalue weighted by Gasteiger charge is -2.25. The van der Waals surface area contributed by atoms with E-state index in [4.69, 9.17) is 28.5 Å². The molecule has 0 saturated heterocycles. The first-order valence-corrected chi connectivity index (χ1v) is 9.13. The number of nitriles is 1. The molecule has 0 radical (unpaired) electrons. The van der Waals surface area contributed by atoms with Crippen LogP contribution >= 0.6 is 23.2 Å². The van der Waals surface area contributed by atoms with Crippen molar-refractivity contribution in [3.63, 3.8) is 0 Å². The molecular formula is C20H13Cl2FN4O. The Hall–Kier alpha value is -2.88. The normalized spacial score (nSPS) is 18.2. The third-order valence-electron chi connectivity index (χ3n) is 4.87. The molecule has 1 amide bonds. The minimum absolute atomic E-state index is 0.172. The van der Waals surface area contributed by atoms with Gasteiger partial charge in [0.2, 0.25) is 5.95 Å². The van der Waals surface area contributed by atoms with Gasteiger partial charge in [0.15, 0.2) is 5.82 Å². The highest BCUT2D eigenvalue weighted by Gasteiger charge is 2.48. The van der Waals surface area contributed by atoms with Crippen molar-refractivity contribution >= 4 is 40.7 Å². The van der Waals surface area contributed by atoms with Crippen LogP contribution in [0.5, 0.6) is 0 Å². The van der Waals surface area contributed by atoms with Gasteiger partial charge in [0, 0.05) is 18.8 Å². The molecule has 0 bridgehead atoms. The molecule has 0 N–H and O–H groups in total. The Bertz CT molecular complexity index is 1110. The first kappa shape index (κ1) is 18.5. The molecule has 1 aromatic heterocycles. The zero-order valence-corrected chi connectivity index (χ0v) is 16.2. The Morgan fingerprint density at radius 3 is 2.46 bits per heavy atom. The number of carbonyl (C=O) groups is 1. The van der Waals surface area contributed by atoms with Crippen LogP contribution in [0.15, 0.2) is 48.8 Å². The number of benzene rings is 2. The summed E-state index contributed by atoms with van der Waals surface area (Å²) in [5, 5.41) is 8.62. The summed E-state index contributed by atoms with van der Waals surface area (Å²) in [5.74, 6) is -0.569. The van der Waals surface area contributed by atoms with Gasteiger partial charge in [0.25, 0.3) is 5.91 Å². The SMILES string of the molecule is CC1(Cc2ccc(C#N)cc2)C(=O)N(c2cc(Cl)c(F)c(Cl)c2)c2nccn21. The number of rotatable bonds is 3. The van der Waals surface area contributed by atoms with Crippen molar-refractivity contribution in [2.45, 2.75) is 18.9 Å². The van der Waals surface area contributed by atoms with E-state index >= 15 is 0 Å². The molecule has 0 spiro atoms. The fourth-order valence-electron chi connectivity index (χ4n) is 3.44. The minimum atomic E-state index is -0.951. The van der Waals surface area contributed by atoms with Gasteiger partial charge in [-0.15, -0.1) is 0 Å². The summed E-state index contributed by atoms with van der Waals surface area (Å²) in [7, 11) is 0. The Kier molecular flexibility index (Phi) is 4.37. The van der Waals surface area contributed by atoms with Crippen LogP contribution < -0.4 is 4.90 Å². The highest BCUT2D eigenvalue weighted by atomic mass is 35.5. The van der Waals surface area contributed by atoms with Gasteiger partial charge in [-0.2, -0.15) is 5.26 Å². The van der Waals surface area contributed by atoms with E-state index in [9.17, 15) is 9.18 Å². The zero-order chi connectivity index (χ0) is 20.1. The highest BCUT2D eigenvalue weighted by molar-refractivity contribution is 6.35. The summed E-state index contributed by atoms with van der Waals surface area (Å²) in [6.07, 6.45) is 3.71. The van der Waals surface area contributed by atoms with E-state index in [1.807, 2.05) is 19.1 Å². The predicted molar refractivity (Wildman–Crippen MR) is 104 cm³/mol.